The first-order valence-corrected chi connectivity index (χ1v) is 12.8. The molecule has 3 fully saturated rings. The van der Waals surface area contributed by atoms with Gasteiger partial charge in [-0.3, -0.25) is 4.79 Å². The highest BCUT2D eigenvalue weighted by molar-refractivity contribution is 6.00. The van der Waals surface area contributed by atoms with Crippen LogP contribution in [0.3, 0.4) is 0 Å². The lowest BCUT2D eigenvalue weighted by atomic mass is 9.96. The summed E-state index contributed by atoms with van der Waals surface area (Å²) in [6.07, 6.45) is 1.10. The summed E-state index contributed by atoms with van der Waals surface area (Å²) in [6, 6.07) is 7.40. The second-order valence-corrected chi connectivity index (χ2v) is 10.3. The third kappa shape index (κ3) is 5.08. The number of nitrogens with zero attached hydrogens (tertiary/aromatic N) is 4. The van der Waals surface area contributed by atoms with Crippen molar-refractivity contribution in [3.63, 3.8) is 0 Å². The summed E-state index contributed by atoms with van der Waals surface area (Å²) < 4.78 is 54.4. The molecule has 3 heterocycles. The van der Waals surface area contributed by atoms with Gasteiger partial charge >= 0.3 is 6.18 Å². The lowest BCUT2D eigenvalue weighted by molar-refractivity contribution is -0.137. The quantitative estimate of drug-likeness (QED) is 0.472. The van der Waals surface area contributed by atoms with Crippen LogP contribution in [-0.2, 0) is 11.0 Å². The van der Waals surface area contributed by atoms with Gasteiger partial charge in [-0.2, -0.15) is 13.2 Å². The van der Waals surface area contributed by atoms with Crippen molar-refractivity contribution in [2.45, 2.75) is 63.7 Å². The minimum Gasteiger partial charge on any atom is -0.341 e. The molecule has 9 heteroatoms. The maximum Gasteiger partial charge on any atom is 0.416 e. The van der Waals surface area contributed by atoms with E-state index in [0.29, 0.717) is 12.2 Å². The number of pyridine rings is 1. The number of piperidine rings is 1. The fourth-order valence-electron chi connectivity index (χ4n) is 6.19. The molecule has 3 aliphatic rings. The van der Waals surface area contributed by atoms with E-state index in [1.165, 1.54) is 25.0 Å². The molecule has 1 amide bonds. The summed E-state index contributed by atoms with van der Waals surface area (Å²) in [4.78, 5) is 24.5. The van der Waals surface area contributed by atoms with Crippen LogP contribution in [0.2, 0.25) is 0 Å². The molecule has 2 bridgehead atoms. The Hall–Kier alpha value is -2.68. The molecule has 0 N–H and O–H groups in total. The predicted octanol–water partition coefficient (Wildman–Crippen LogP) is 5.42. The van der Waals surface area contributed by atoms with Gasteiger partial charge in [-0.15, -0.1) is 0 Å². The molecule has 5 nitrogen and oxygen atoms in total. The monoisotopic (exact) mass is 504 g/mol. The van der Waals surface area contributed by atoms with E-state index in [1.807, 2.05) is 4.90 Å². The first-order chi connectivity index (χ1) is 17.2. The van der Waals surface area contributed by atoms with Crippen LogP contribution in [0, 0.1) is 18.7 Å². The van der Waals surface area contributed by atoms with Gasteiger partial charge in [0.2, 0.25) is 5.91 Å². The van der Waals surface area contributed by atoms with Gasteiger partial charge in [-0.25, -0.2) is 9.37 Å². The lowest BCUT2D eigenvalue weighted by Crippen LogP contribution is -2.53. The molecule has 2 saturated heterocycles. The van der Waals surface area contributed by atoms with Crippen LogP contribution in [0.15, 0.2) is 36.4 Å². The molecule has 2 aliphatic heterocycles. The van der Waals surface area contributed by atoms with Crippen molar-refractivity contribution < 1.29 is 22.4 Å². The summed E-state index contributed by atoms with van der Waals surface area (Å²) in [6.45, 7) is 5.01. The van der Waals surface area contributed by atoms with Gasteiger partial charge in [0.05, 0.1) is 5.56 Å². The Balaban J connectivity index is 1.44. The zero-order valence-corrected chi connectivity index (χ0v) is 20.5. The third-order valence-corrected chi connectivity index (χ3v) is 7.83. The zero-order valence-electron chi connectivity index (χ0n) is 20.5. The number of hydrogen-bond acceptors (Lipinski definition) is 4. The summed E-state index contributed by atoms with van der Waals surface area (Å²) in [5, 5.41) is 0. The number of rotatable bonds is 7. The Bertz CT molecular complexity index is 1080. The maximum absolute atomic E-state index is 14.1. The van der Waals surface area contributed by atoms with Crippen molar-refractivity contribution in [1.29, 1.82) is 0 Å². The molecule has 194 valence electrons. The fraction of sp³-hybridized carbons (Fsp3) is 0.556. The molecule has 3 atom stereocenters. The van der Waals surface area contributed by atoms with Crippen LogP contribution in [0.5, 0.6) is 0 Å². The fourth-order valence-corrected chi connectivity index (χ4v) is 6.19. The predicted molar refractivity (Wildman–Crippen MR) is 130 cm³/mol. The number of hydrogen-bond donors (Lipinski definition) is 0. The summed E-state index contributed by atoms with van der Waals surface area (Å²) in [5.74, 6) is -0.259. The number of carbonyl (C=O) groups is 1. The van der Waals surface area contributed by atoms with Crippen molar-refractivity contribution in [2.24, 2.45) is 5.92 Å². The summed E-state index contributed by atoms with van der Waals surface area (Å²) in [5.41, 5.74) is 0.133. The third-order valence-electron chi connectivity index (χ3n) is 7.83. The van der Waals surface area contributed by atoms with E-state index < -0.39 is 17.8 Å². The van der Waals surface area contributed by atoms with Crippen LogP contribution < -0.4 is 9.80 Å². The molecule has 5 rings (SSSR count). The molecule has 1 aromatic heterocycles. The molecular formula is C27H32F4N4O. The number of aryl methyl sites for hydroxylation is 1. The van der Waals surface area contributed by atoms with Crippen LogP contribution in [-0.4, -0.2) is 54.1 Å². The highest BCUT2D eigenvalue weighted by Crippen LogP contribution is 2.46. The largest absolute Gasteiger partial charge is 0.416 e. The van der Waals surface area contributed by atoms with E-state index in [1.54, 1.807) is 24.0 Å². The van der Waals surface area contributed by atoms with Gasteiger partial charge in [-0.1, -0.05) is 0 Å². The number of aromatic nitrogens is 1. The number of benzene rings is 1. The van der Waals surface area contributed by atoms with Crippen molar-refractivity contribution in [1.82, 2.24) is 9.88 Å². The highest BCUT2D eigenvalue weighted by atomic mass is 19.4. The van der Waals surface area contributed by atoms with Gasteiger partial charge in [0.15, 0.2) is 0 Å². The average molecular weight is 505 g/mol. The molecule has 1 aromatic carbocycles. The first kappa shape index (κ1) is 25.0. The Morgan fingerprint density at radius 1 is 1.11 bits per heavy atom. The Morgan fingerprint density at radius 3 is 2.53 bits per heavy atom. The zero-order chi connectivity index (χ0) is 25.4. The van der Waals surface area contributed by atoms with E-state index in [-0.39, 0.29) is 35.2 Å². The second kappa shape index (κ2) is 10.00. The maximum atomic E-state index is 14.1. The molecule has 1 saturated carbocycles. The van der Waals surface area contributed by atoms with Crippen LogP contribution in [0.4, 0.5) is 29.1 Å². The summed E-state index contributed by atoms with van der Waals surface area (Å²) in [7, 11) is 0. The topological polar surface area (TPSA) is 39.7 Å². The van der Waals surface area contributed by atoms with Gasteiger partial charge in [0.1, 0.15) is 17.7 Å². The van der Waals surface area contributed by atoms with Crippen LogP contribution in [0.1, 0.15) is 49.8 Å². The number of alkyl halides is 3. The number of likely N-dealkylation sites (tertiary alicyclic amines) is 1. The van der Waals surface area contributed by atoms with Gasteiger partial charge in [0, 0.05) is 24.0 Å². The molecule has 36 heavy (non-hydrogen) atoms. The summed E-state index contributed by atoms with van der Waals surface area (Å²) >= 11 is 0. The van der Waals surface area contributed by atoms with E-state index in [4.69, 9.17) is 0 Å². The molecule has 2 aromatic rings. The first-order valence-electron chi connectivity index (χ1n) is 12.8. The number of carbonyl (C=O) groups excluding carboxylic acids is 1. The SMILES string of the molecule is Cc1cc(C(F)(F)F)cc(N2[C@@H]3CC[C@@H](C3)[C@H]2C(=O)N(CCCN2CCCC2)c2ccc(F)cc2)n1. The number of halogens is 4. The lowest BCUT2D eigenvalue weighted by Gasteiger charge is -2.38. The standard InChI is InChI=1S/C27H32F4N4O/c1-18-15-20(27(29,30)31)17-24(32-18)35-23-8-5-19(16-23)25(35)26(36)34(22-9-6-21(28)7-10-22)14-4-13-33-11-2-3-12-33/h6-7,9-10,15,17,19,23,25H,2-5,8,11-14,16H2,1H3/t19-,23+,25-/m0/s1. The number of anilines is 2. The van der Waals surface area contributed by atoms with E-state index in [2.05, 4.69) is 9.88 Å². The average Bonchev–Trinajstić information content (AvgIpc) is 3.59. The Morgan fingerprint density at radius 2 is 1.83 bits per heavy atom. The van der Waals surface area contributed by atoms with Crippen molar-refractivity contribution >= 4 is 17.4 Å². The van der Waals surface area contributed by atoms with Crippen molar-refractivity contribution in [3.8, 4) is 0 Å². The van der Waals surface area contributed by atoms with Gasteiger partial charge in [0.25, 0.3) is 0 Å². The smallest absolute Gasteiger partial charge is 0.341 e. The van der Waals surface area contributed by atoms with Crippen molar-refractivity contribution in [3.05, 3.63) is 53.5 Å². The van der Waals surface area contributed by atoms with E-state index >= 15 is 0 Å². The number of amides is 1. The highest BCUT2D eigenvalue weighted by Gasteiger charge is 2.51. The van der Waals surface area contributed by atoms with E-state index in [0.717, 1.165) is 57.5 Å². The van der Waals surface area contributed by atoms with Gasteiger partial charge < -0.3 is 14.7 Å². The van der Waals surface area contributed by atoms with Crippen molar-refractivity contribution in [2.75, 3.05) is 36.0 Å². The Labute approximate surface area is 209 Å². The molecule has 0 radical (unpaired) electrons. The minimum absolute atomic E-state index is 0.0148. The van der Waals surface area contributed by atoms with E-state index in [9.17, 15) is 22.4 Å². The van der Waals surface area contributed by atoms with Crippen LogP contribution in [0.25, 0.3) is 0 Å². The normalized spacial score (nSPS) is 24.0. The molecule has 1 aliphatic carbocycles. The molecular weight excluding hydrogens is 472 g/mol. The molecule has 0 spiro atoms. The Kier molecular flexibility index (Phi) is 6.94. The number of fused-ring (bicyclic) bond motifs is 2. The molecule has 0 unspecified atom stereocenters. The second-order valence-electron chi connectivity index (χ2n) is 10.3. The minimum atomic E-state index is -4.49. The van der Waals surface area contributed by atoms with Gasteiger partial charge in [-0.05, 0) is 107 Å². The van der Waals surface area contributed by atoms with Crippen LogP contribution >= 0.6 is 0 Å².